The van der Waals surface area contributed by atoms with Crippen molar-refractivity contribution in [3.05, 3.63) is 52.3 Å². The van der Waals surface area contributed by atoms with Crippen LogP contribution in [0, 0.1) is 0 Å². The van der Waals surface area contributed by atoms with Crippen molar-refractivity contribution >= 4 is 28.7 Å². The van der Waals surface area contributed by atoms with E-state index in [4.69, 9.17) is 21.1 Å². The Morgan fingerprint density at radius 2 is 2.14 bits per heavy atom. The highest BCUT2D eigenvalue weighted by atomic mass is 35.5. The summed E-state index contributed by atoms with van der Waals surface area (Å²) >= 11 is 6.38. The molecule has 2 N–H and O–H groups in total. The lowest BCUT2D eigenvalue weighted by Crippen LogP contribution is -2.50. The van der Waals surface area contributed by atoms with E-state index in [0.29, 0.717) is 31.3 Å². The van der Waals surface area contributed by atoms with Crippen LogP contribution in [0.3, 0.4) is 0 Å². The maximum absolute atomic E-state index is 13.4. The number of halogens is 1. The molecule has 3 aromatic rings. The summed E-state index contributed by atoms with van der Waals surface area (Å²) in [5.74, 6) is 0. The Balaban J connectivity index is 1.25. The molecule has 3 saturated heterocycles. The van der Waals surface area contributed by atoms with Crippen molar-refractivity contribution in [2.75, 3.05) is 39.5 Å². The van der Waals surface area contributed by atoms with Gasteiger partial charge in [-0.05, 0) is 47.2 Å². The molecule has 0 radical (unpaired) electrons. The number of nitrogens with one attached hydrogen (secondary N) is 2. The second-order valence-corrected chi connectivity index (χ2v) is 10.4. The number of carbonyl (C=O) groups excluding carboxylic acids is 1. The van der Waals surface area contributed by atoms with Crippen molar-refractivity contribution in [3.63, 3.8) is 0 Å². The van der Waals surface area contributed by atoms with Crippen molar-refractivity contribution in [2.45, 2.75) is 37.6 Å². The highest BCUT2D eigenvalue weighted by molar-refractivity contribution is 6.35. The summed E-state index contributed by atoms with van der Waals surface area (Å²) in [6, 6.07) is 7.07. The first-order valence-corrected chi connectivity index (χ1v) is 12.8. The number of rotatable bonds is 2. The number of hydrogen-bond donors (Lipinski definition) is 2. The van der Waals surface area contributed by atoms with E-state index in [-0.39, 0.29) is 24.2 Å². The lowest BCUT2D eigenvalue weighted by atomic mass is 9.87. The van der Waals surface area contributed by atoms with Gasteiger partial charge >= 0.3 is 6.03 Å². The average molecular weight is 494 g/mol. The summed E-state index contributed by atoms with van der Waals surface area (Å²) < 4.78 is 11.5. The van der Waals surface area contributed by atoms with Crippen LogP contribution in [0.2, 0.25) is 5.02 Å². The zero-order valence-corrected chi connectivity index (χ0v) is 20.2. The lowest BCUT2D eigenvalue weighted by Gasteiger charge is -2.37. The van der Waals surface area contributed by atoms with E-state index in [1.165, 1.54) is 16.7 Å². The van der Waals surface area contributed by atoms with Crippen LogP contribution in [0.15, 0.2) is 30.6 Å². The van der Waals surface area contributed by atoms with Crippen LogP contribution in [0.5, 0.6) is 0 Å². The van der Waals surface area contributed by atoms with Crippen LogP contribution in [-0.2, 0) is 22.4 Å². The van der Waals surface area contributed by atoms with Gasteiger partial charge in [0.1, 0.15) is 5.65 Å². The molecule has 0 aliphatic carbocycles. The number of morpholine rings is 2. The molecule has 9 heteroatoms. The Labute approximate surface area is 208 Å². The van der Waals surface area contributed by atoms with Crippen molar-refractivity contribution in [1.29, 1.82) is 0 Å². The zero-order valence-electron chi connectivity index (χ0n) is 19.4. The zero-order chi connectivity index (χ0) is 23.5. The van der Waals surface area contributed by atoms with Gasteiger partial charge in [0.25, 0.3) is 0 Å². The maximum Gasteiger partial charge on any atom is 0.320 e. The van der Waals surface area contributed by atoms with Crippen LogP contribution in [0.1, 0.15) is 29.2 Å². The molecule has 3 fully saturated rings. The molecule has 4 aliphatic heterocycles. The van der Waals surface area contributed by atoms with E-state index in [1.54, 1.807) is 6.20 Å². The number of ether oxygens (including phenoxy) is 2. The Bertz CT molecular complexity index is 1300. The molecule has 0 unspecified atom stereocenters. The van der Waals surface area contributed by atoms with Gasteiger partial charge in [-0.3, -0.25) is 0 Å². The van der Waals surface area contributed by atoms with Crippen molar-refractivity contribution in [2.24, 2.45) is 0 Å². The summed E-state index contributed by atoms with van der Waals surface area (Å²) in [5, 5.41) is 5.21. The van der Waals surface area contributed by atoms with E-state index in [9.17, 15) is 4.79 Å². The number of H-pyrrole nitrogens is 1. The summed E-state index contributed by atoms with van der Waals surface area (Å²) in [6.45, 7) is 4.88. The van der Waals surface area contributed by atoms with E-state index >= 15 is 0 Å². The fraction of sp³-hybridized carbons (Fsp3) is 0.462. The maximum atomic E-state index is 13.4. The number of likely N-dealkylation sites (tertiary alicyclic amines) is 1. The Kier molecular flexibility index (Phi) is 5.24. The predicted octanol–water partition coefficient (Wildman–Crippen LogP) is 3.50. The molecule has 6 heterocycles. The van der Waals surface area contributed by atoms with Crippen molar-refractivity contribution in [3.8, 4) is 11.1 Å². The predicted molar refractivity (Wildman–Crippen MR) is 132 cm³/mol. The summed E-state index contributed by atoms with van der Waals surface area (Å²) in [4.78, 5) is 25.2. The molecule has 0 spiro atoms. The number of fused-ring (bicyclic) bond motifs is 4. The quantitative estimate of drug-likeness (QED) is 0.571. The fourth-order valence-electron chi connectivity index (χ4n) is 6.05. The van der Waals surface area contributed by atoms with Gasteiger partial charge in [-0.15, -0.1) is 0 Å². The number of carbonyl (C=O) groups is 1. The first kappa shape index (κ1) is 21.6. The summed E-state index contributed by atoms with van der Waals surface area (Å²) in [7, 11) is 0. The smallest absolute Gasteiger partial charge is 0.320 e. The first-order valence-electron chi connectivity index (χ1n) is 12.4. The summed E-state index contributed by atoms with van der Waals surface area (Å²) in [5.41, 5.74) is 6.68. The Hall–Kier alpha value is -2.65. The van der Waals surface area contributed by atoms with Crippen LogP contribution in [-0.4, -0.2) is 77.4 Å². The first-order chi connectivity index (χ1) is 17.1. The molecule has 4 aliphatic rings. The molecule has 8 nitrogen and oxygen atoms in total. The second kappa shape index (κ2) is 8.48. The topological polar surface area (TPSA) is 82.7 Å². The Morgan fingerprint density at radius 3 is 2.94 bits per heavy atom. The Morgan fingerprint density at radius 1 is 1.20 bits per heavy atom. The number of nitrogens with zero attached hydrogens (tertiary/aromatic N) is 3. The van der Waals surface area contributed by atoms with Gasteiger partial charge in [0.2, 0.25) is 0 Å². The molecule has 35 heavy (non-hydrogen) atoms. The van der Waals surface area contributed by atoms with E-state index in [0.717, 1.165) is 54.7 Å². The standard InChI is InChI=1S/C26H28ClN5O3/c27-23-10-30-25-21(23)7-17(9-29-25)16-5-15-1-3-31(26(33)32-11-19-8-18(32)13-35-19)12-22(15)20(6-16)24-14-34-4-2-28-24/h5-7,9-10,18-19,24,28H,1-4,8,11-14H2,(H,29,30)/t18-,19-,24+/m1/s1. The third-order valence-electron chi connectivity index (χ3n) is 7.90. The lowest BCUT2D eigenvalue weighted by molar-refractivity contribution is 0.0352. The molecule has 182 valence electrons. The minimum Gasteiger partial charge on any atom is -0.378 e. The second-order valence-electron chi connectivity index (χ2n) is 9.99. The van der Waals surface area contributed by atoms with Crippen LogP contribution >= 0.6 is 11.6 Å². The summed E-state index contributed by atoms with van der Waals surface area (Å²) in [6.07, 6.45) is 5.68. The third kappa shape index (κ3) is 3.71. The molecule has 3 atom stereocenters. The highest BCUT2D eigenvalue weighted by Crippen LogP contribution is 2.36. The van der Waals surface area contributed by atoms with E-state index in [2.05, 4.69) is 33.5 Å². The van der Waals surface area contributed by atoms with Crippen molar-refractivity contribution in [1.82, 2.24) is 25.1 Å². The van der Waals surface area contributed by atoms with Gasteiger partial charge in [-0.25, -0.2) is 9.78 Å². The molecule has 2 aromatic heterocycles. The average Bonchev–Trinajstić information content (AvgIpc) is 3.64. The van der Waals surface area contributed by atoms with E-state index in [1.807, 2.05) is 16.0 Å². The number of pyridine rings is 1. The molecule has 2 amide bonds. The van der Waals surface area contributed by atoms with Crippen LogP contribution < -0.4 is 5.32 Å². The van der Waals surface area contributed by atoms with Crippen LogP contribution in [0.4, 0.5) is 4.79 Å². The minimum atomic E-state index is 0.0937. The molecule has 7 rings (SSSR count). The number of amides is 2. The highest BCUT2D eigenvalue weighted by Gasteiger charge is 2.43. The minimum absolute atomic E-state index is 0.0937. The number of aromatic amines is 1. The van der Waals surface area contributed by atoms with Gasteiger partial charge in [-0.2, -0.15) is 0 Å². The fourth-order valence-corrected chi connectivity index (χ4v) is 6.25. The van der Waals surface area contributed by atoms with E-state index < -0.39 is 0 Å². The molecular formula is C26H28ClN5O3. The molecule has 0 saturated carbocycles. The van der Waals surface area contributed by atoms with Crippen LogP contribution in [0.25, 0.3) is 22.2 Å². The number of urea groups is 1. The molecular weight excluding hydrogens is 466 g/mol. The number of benzene rings is 1. The van der Waals surface area contributed by atoms with Gasteiger partial charge in [0, 0.05) is 49.5 Å². The molecule has 1 aromatic carbocycles. The van der Waals surface area contributed by atoms with Gasteiger partial charge in [-0.1, -0.05) is 17.7 Å². The van der Waals surface area contributed by atoms with Crippen molar-refractivity contribution < 1.29 is 14.3 Å². The normalized spacial score (nSPS) is 25.9. The monoisotopic (exact) mass is 493 g/mol. The largest absolute Gasteiger partial charge is 0.378 e. The number of aromatic nitrogens is 2. The van der Waals surface area contributed by atoms with Gasteiger partial charge in [0.15, 0.2) is 0 Å². The van der Waals surface area contributed by atoms with Gasteiger partial charge in [0.05, 0.1) is 43.0 Å². The third-order valence-corrected chi connectivity index (χ3v) is 8.22. The molecule has 2 bridgehead atoms. The number of hydrogen-bond acceptors (Lipinski definition) is 5. The van der Waals surface area contributed by atoms with Gasteiger partial charge < -0.3 is 29.6 Å². The SMILES string of the molecule is O=C(N1CCc2cc(-c3cnc4[nH]cc(Cl)c4c3)cc([C@@H]3COCCN3)c2C1)N1C[C@H]2C[C@@H]1CO2.